The van der Waals surface area contributed by atoms with E-state index in [1.807, 2.05) is 6.07 Å². The number of anilines is 2. The van der Waals surface area contributed by atoms with Crippen LogP contribution in [0.5, 0.6) is 0 Å². The maximum absolute atomic E-state index is 11.0. The van der Waals surface area contributed by atoms with Crippen LogP contribution in [-0.2, 0) is 9.47 Å². The van der Waals surface area contributed by atoms with E-state index in [0.29, 0.717) is 19.0 Å². The molecular weight excluding hydrogens is 260 g/mol. The molecule has 110 valence electrons. The Bertz CT molecular complexity index is 475. The van der Waals surface area contributed by atoms with Gasteiger partial charge in [0.1, 0.15) is 17.5 Å². The monoisotopic (exact) mass is 280 g/mol. The Morgan fingerprint density at radius 2 is 2.30 bits per heavy atom. The highest BCUT2D eigenvalue weighted by molar-refractivity contribution is 5.65. The minimum absolute atomic E-state index is 0.263. The van der Waals surface area contributed by atoms with Gasteiger partial charge >= 0.3 is 6.09 Å². The molecule has 4 N–H and O–H groups in total. The number of carbonyl (C=O) groups excluding carboxylic acids is 1. The van der Waals surface area contributed by atoms with Crippen molar-refractivity contribution in [3.63, 3.8) is 0 Å². The lowest BCUT2D eigenvalue weighted by atomic mass is 9.99. The Morgan fingerprint density at radius 3 is 2.90 bits per heavy atom. The molecule has 1 aromatic heterocycles. The fourth-order valence-corrected chi connectivity index (χ4v) is 2.21. The van der Waals surface area contributed by atoms with Crippen molar-refractivity contribution in [3.05, 3.63) is 18.3 Å². The van der Waals surface area contributed by atoms with Crippen molar-refractivity contribution in [2.45, 2.75) is 25.6 Å². The van der Waals surface area contributed by atoms with Gasteiger partial charge < -0.3 is 25.8 Å². The van der Waals surface area contributed by atoms with Crippen LogP contribution in [0.4, 0.5) is 16.3 Å². The molecule has 1 saturated heterocycles. The van der Waals surface area contributed by atoms with Crippen LogP contribution in [0.15, 0.2) is 18.3 Å². The molecule has 2 heterocycles. The van der Waals surface area contributed by atoms with E-state index < -0.39 is 11.7 Å². The summed E-state index contributed by atoms with van der Waals surface area (Å²) in [6.45, 7) is 5.45. The first-order chi connectivity index (χ1) is 9.38. The molecule has 0 saturated carbocycles. The average Bonchev–Trinajstić information content (AvgIpc) is 2.38. The second kappa shape index (κ2) is 5.54. The Morgan fingerprint density at radius 1 is 1.55 bits per heavy atom. The van der Waals surface area contributed by atoms with E-state index >= 15 is 0 Å². The number of amides is 1. The second-order valence-electron chi connectivity index (χ2n) is 5.27. The summed E-state index contributed by atoms with van der Waals surface area (Å²) < 4.78 is 10.8. The van der Waals surface area contributed by atoms with Gasteiger partial charge in [-0.15, -0.1) is 0 Å². The summed E-state index contributed by atoms with van der Waals surface area (Å²) in [6, 6.07) is 3.66. The average molecular weight is 280 g/mol. The second-order valence-corrected chi connectivity index (χ2v) is 5.27. The number of morpholine rings is 1. The predicted molar refractivity (Wildman–Crippen MR) is 75.3 cm³/mol. The highest BCUT2D eigenvalue weighted by atomic mass is 16.6. The quantitative estimate of drug-likeness (QED) is 0.846. The van der Waals surface area contributed by atoms with Crippen molar-refractivity contribution in [2.24, 2.45) is 5.73 Å². The number of nitrogens with zero attached hydrogens (tertiary/aromatic N) is 2. The van der Waals surface area contributed by atoms with Gasteiger partial charge in [0.05, 0.1) is 18.5 Å². The molecule has 1 amide bonds. The normalized spacial score (nSPS) is 19.7. The molecule has 1 fully saturated rings. The SMILES string of the molecule is CC(C)(OC(N)=O)C1CN(c2ccc(N)nc2)CCO1. The number of hydrogen-bond acceptors (Lipinski definition) is 6. The van der Waals surface area contributed by atoms with Crippen molar-refractivity contribution in [2.75, 3.05) is 30.3 Å². The molecule has 1 aliphatic rings. The molecule has 2 rings (SSSR count). The summed E-state index contributed by atoms with van der Waals surface area (Å²) in [5.41, 5.74) is 10.8. The number of nitrogen functional groups attached to an aromatic ring is 1. The summed E-state index contributed by atoms with van der Waals surface area (Å²) >= 11 is 0. The highest BCUT2D eigenvalue weighted by Gasteiger charge is 2.37. The van der Waals surface area contributed by atoms with Crippen LogP contribution >= 0.6 is 0 Å². The van der Waals surface area contributed by atoms with Gasteiger partial charge in [-0.3, -0.25) is 0 Å². The van der Waals surface area contributed by atoms with Gasteiger partial charge in [-0.2, -0.15) is 0 Å². The van der Waals surface area contributed by atoms with Crippen LogP contribution < -0.4 is 16.4 Å². The van der Waals surface area contributed by atoms with Crippen LogP contribution in [0.25, 0.3) is 0 Å². The summed E-state index contributed by atoms with van der Waals surface area (Å²) in [6.07, 6.45) is 0.658. The topological polar surface area (TPSA) is 104 Å². The molecule has 0 bridgehead atoms. The fraction of sp³-hybridized carbons (Fsp3) is 0.538. The molecule has 0 aliphatic carbocycles. The Balaban J connectivity index is 2.08. The van der Waals surface area contributed by atoms with Crippen LogP contribution in [0, 0.1) is 0 Å². The predicted octanol–water partition coefficient (Wildman–Crippen LogP) is 0.743. The summed E-state index contributed by atoms with van der Waals surface area (Å²) in [4.78, 5) is 17.2. The first-order valence-electron chi connectivity index (χ1n) is 6.45. The maximum Gasteiger partial charge on any atom is 0.405 e. The Labute approximate surface area is 117 Å². The first-order valence-corrected chi connectivity index (χ1v) is 6.45. The van der Waals surface area contributed by atoms with Gasteiger partial charge in [-0.1, -0.05) is 0 Å². The summed E-state index contributed by atoms with van der Waals surface area (Å²) in [5.74, 6) is 0.482. The minimum Gasteiger partial charge on any atom is -0.441 e. The first kappa shape index (κ1) is 14.4. The van der Waals surface area contributed by atoms with Gasteiger partial charge in [0.15, 0.2) is 0 Å². The molecule has 7 heteroatoms. The maximum atomic E-state index is 11.0. The van der Waals surface area contributed by atoms with E-state index in [1.54, 1.807) is 26.1 Å². The number of primary amides is 1. The van der Waals surface area contributed by atoms with Gasteiger partial charge in [0, 0.05) is 13.1 Å². The van der Waals surface area contributed by atoms with Gasteiger partial charge in [0.2, 0.25) is 0 Å². The van der Waals surface area contributed by atoms with Crippen molar-refractivity contribution in [1.82, 2.24) is 4.98 Å². The Hall–Kier alpha value is -2.02. The van der Waals surface area contributed by atoms with E-state index in [9.17, 15) is 4.79 Å². The number of aromatic nitrogens is 1. The zero-order valence-corrected chi connectivity index (χ0v) is 11.7. The van der Waals surface area contributed by atoms with Gasteiger partial charge in [-0.25, -0.2) is 9.78 Å². The minimum atomic E-state index is -0.801. The highest BCUT2D eigenvalue weighted by Crippen LogP contribution is 2.25. The standard InChI is InChI=1S/C13H20N4O3/c1-13(2,20-12(15)18)10-8-17(5-6-19-10)9-3-4-11(14)16-7-9/h3-4,7,10H,5-6,8H2,1-2H3,(H2,14,16)(H2,15,18). The Kier molecular flexibility index (Phi) is 3.99. The van der Waals surface area contributed by atoms with E-state index in [1.165, 1.54) is 0 Å². The van der Waals surface area contributed by atoms with Crippen LogP contribution in [-0.4, -0.2) is 42.5 Å². The molecule has 0 spiro atoms. The molecule has 7 nitrogen and oxygen atoms in total. The number of pyridine rings is 1. The van der Waals surface area contributed by atoms with E-state index in [2.05, 4.69) is 9.88 Å². The molecular formula is C13H20N4O3. The van der Waals surface area contributed by atoms with Crippen molar-refractivity contribution in [1.29, 1.82) is 0 Å². The zero-order chi connectivity index (χ0) is 14.8. The third kappa shape index (κ3) is 3.30. The molecule has 1 unspecified atom stereocenters. The molecule has 0 radical (unpaired) electrons. The van der Waals surface area contributed by atoms with Crippen molar-refractivity contribution >= 4 is 17.6 Å². The zero-order valence-electron chi connectivity index (χ0n) is 11.7. The van der Waals surface area contributed by atoms with Crippen LogP contribution in [0.2, 0.25) is 0 Å². The summed E-state index contributed by atoms with van der Waals surface area (Å²) in [7, 11) is 0. The summed E-state index contributed by atoms with van der Waals surface area (Å²) in [5, 5.41) is 0. The molecule has 1 atom stereocenters. The molecule has 20 heavy (non-hydrogen) atoms. The van der Waals surface area contributed by atoms with E-state index in [4.69, 9.17) is 20.9 Å². The lowest BCUT2D eigenvalue weighted by molar-refractivity contribution is -0.0953. The number of carbonyl (C=O) groups is 1. The lowest BCUT2D eigenvalue weighted by Crippen LogP contribution is -2.54. The van der Waals surface area contributed by atoms with Gasteiger partial charge in [-0.05, 0) is 26.0 Å². The fourth-order valence-electron chi connectivity index (χ4n) is 2.21. The third-order valence-electron chi connectivity index (χ3n) is 3.34. The third-order valence-corrected chi connectivity index (χ3v) is 3.34. The number of ether oxygens (including phenoxy) is 2. The molecule has 0 aromatic carbocycles. The van der Waals surface area contributed by atoms with Crippen LogP contribution in [0.1, 0.15) is 13.8 Å². The van der Waals surface area contributed by atoms with E-state index in [-0.39, 0.29) is 6.10 Å². The number of nitrogens with two attached hydrogens (primary N) is 2. The number of hydrogen-bond donors (Lipinski definition) is 2. The van der Waals surface area contributed by atoms with Crippen molar-refractivity contribution in [3.8, 4) is 0 Å². The molecule has 1 aliphatic heterocycles. The van der Waals surface area contributed by atoms with Crippen LogP contribution in [0.3, 0.4) is 0 Å². The van der Waals surface area contributed by atoms with E-state index in [0.717, 1.165) is 12.2 Å². The number of rotatable bonds is 3. The molecule has 1 aromatic rings. The largest absolute Gasteiger partial charge is 0.441 e. The van der Waals surface area contributed by atoms with Crippen molar-refractivity contribution < 1.29 is 14.3 Å². The van der Waals surface area contributed by atoms with Gasteiger partial charge in [0.25, 0.3) is 0 Å². The smallest absolute Gasteiger partial charge is 0.405 e. The lowest BCUT2D eigenvalue weighted by Gasteiger charge is -2.41.